The van der Waals surface area contributed by atoms with E-state index >= 15 is 0 Å². The van der Waals surface area contributed by atoms with Gasteiger partial charge in [-0.25, -0.2) is 9.78 Å². The number of carboxylic acid groups (broad SMARTS) is 1. The Bertz CT molecular complexity index is 897. The fraction of sp³-hybridized carbons (Fsp3) is 0.522. The molecule has 5 nitrogen and oxygen atoms in total. The van der Waals surface area contributed by atoms with E-state index in [1.54, 1.807) is 6.20 Å². The van der Waals surface area contributed by atoms with Crippen LogP contribution >= 0.6 is 0 Å². The van der Waals surface area contributed by atoms with Crippen molar-refractivity contribution in [3.8, 4) is 0 Å². The molecule has 3 fully saturated rings. The van der Waals surface area contributed by atoms with Crippen molar-refractivity contribution >= 4 is 5.97 Å². The van der Waals surface area contributed by atoms with E-state index in [2.05, 4.69) is 28.2 Å². The second-order valence-electron chi connectivity index (χ2n) is 8.43. The lowest BCUT2D eigenvalue weighted by Crippen LogP contribution is -2.16. The highest BCUT2D eigenvalue weighted by Crippen LogP contribution is 2.47. The molecule has 0 atom stereocenters. The van der Waals surface area contributed by atoms with Crippen LogP contribution in [0.3, 0.4) is 0 Å². The Morgan fingerprint density at radius 3 is 2.46 bits per heavy atom. The highest BCUT2D eigenvalue weighted by atomic mass is 16.5. The zero-order chi connectivity index (χ0) is 19.1. The average Bonchev–Trinajstić information content (AvgIpc) is 3.62. The molecule has 1 N–H and O–H groups in total. The molecule has 5 heteroatoms. The van der Waals surface area contributed by atoms with Crippen LogP contribution < -0.4 is 0 Å². The van der Waals surface area contributed by atoms with Gasteiger partial charge in [0.25, 0.3) is 0 Å². The summed E-state index contributed by atoms with van der Waals surface area (Å²) in [4.78, 5) is 20.8. The van der Waals surface area contributed by atoms with Crippen molar-refractivity contribution in [3.05, 3.63) is 58.2 Å². The van der Waals surface area contributed by atoms with Gasteiger partial charge < -0.3 is 9.84 Å². The molecule has 1 saturated heterocycles. The lowest BCUT2D eigenvalue weighted by molar-refractivity contribution is 0.0688. The van der Waals surface area contributed by atoms with Crippen LogP contribution in [-0.4, -0.2) is 34.3 Å². The summed E-state index contributed by atoms with van der Waals surface area (Å²) in [6.45, 7) is 1.66. The molecular formula is C23H26N2O3. The van der Waals surface area contributed by atoms with Gasteiger partial charge in [-0.15, -0.1) is 0 Å². The number of carboxylic acids is 1. The first-order valence-electron chi connectivity index (χ1n) is 10.5. The van der Waals surface area contributed by atoms with E-state index in [-0.39, 0.29) is 5.69 Å². The zero-order valence-electron chi connectivity index (χ0n) is 16.1. The van der Waals surface area contributed by atoms with Crippen LogP contribution in [-0.2, 0) is 11.2 Å². The summed E-state index contributed by atoms with van der Waals surface area (Å²) in [6, 6.07) is 6.55. The maximum atomic E-state index is 11.8. The summed E-state index contributed by atoms with van der Waals surface area (Å²) in [7, 11) is 0. The third-order valence-electron chi connectivity index (χ3n) is 6.30. The van der Waals surface area contributed by atoms with Crippen LogP contribution in [0.15, 0.2) is 24.4 Å². The summed E-state index contributed by atoms with van der Waals surface area (Å²) >= 11 is 0. The summed E-state index contributed by atoms with van der Waals surface area (Å²) in [5.74, 6) is 0.588. The fourth-order valence-corrected chi connectivity index (χ4v) is 4.51. The van der Waals surface area contributed by atoms with Crippen molar-refractivity contribution in [3.63, 3.8) is 0 Å². The fourth-order valence-electron chi connectivity index (χ4n) is 4.51. The van der Waals surface area contributed by atoms with Crippen LogP contribution in [0, 0.1) is 0 Å². The molecule has 0 amide bonds. The van der Waals surface area contributed by atoms with Crippen molar-refractivity contribution < 1.29 is 14.6 Å². The normalized spacial score (nSPS) is 20.3. The van der Waals surface area contributed by atoms with Crippen LogP contribution in [0.25, 0.3) is 0 Å². The van der Waals surface area contributed by atoms with Gasteiger partial charge >= 0.3 is 5.97 Å². The Balaban J connectivity index is 1.50. The zero-order valence-corrected chi connectivity index (χ0v) is 16.1. The standard InChI is InChI=1S/C23H26N2O3/c26-23(27)22-19(24-13-20(25-22)15-4-5-15)12-17-2-1-3-18(21(17)16-6-7-16)14-8-10-28-11-9-14/h1-3,13-16H,4-12H2,(H,26,27). The second-order valence-corrected chi connectivity index (χ2v) is 8.43. The van der Waals surface area contributed by atoms with E-state index in [0.717, 1.165) is 44.6 Å². The molecule has 146 valence electrons. The minimum absolute atomic E-state index is 0.127. The molecule has 2 heterocycles. The van der Waals surface area contributed by atoms with Gasteiger partial charge in [0.2, 0.25) is 0 Å². The van der Waals surface area contributed by atoms with Crippen LogP contribution in [0.1, 0.15) is 94.8 Å². The van der Waals surface area contributed by atoms with E-state index in [4.69, 9.17) is 4.74 Å². The van der Waals surface area contributed by atoms with E-state index in [1.807, 2.05) is 0 Å². The number of ether oxygens (including phenoxy) is 1. The molecule has 28 heavy (non-hydrogen) atoms. The van der Waals surface area contributed by atoms with Gasteiger partial charge in [0.1, 0.15) is 0 Å². The molecule has 3 aliphatic rings. The van der Waals surface area contributed by atoms with E-state index < -0.39 is 5.97 Å². The molecule has 1 aliphatic heterocycles. The third-order valence-corrected chi connectivity index (χ3v) is 6.30. The summed E-state index contributed by atoms with van der Waals surface area (Å²) < 4.78 is 5.56. The Morgan fingerprint density at radius 1 is 1.04 bits per heavy atom. The van der Waals surface area contributed by atoms with Gasteiger partial charge in [0.05, 0.1) is 11.4 Å². The van der Waals surface area contributed by atoms with Gasteiger partial charge in [-0.05, 0) is 67.1 Å². The monoisotopic (exact) mass is 378 g/mol. The quantitative estimate of drug-likeness (QED) is 0.806. The van der Waals surface area contributed by atoms with Crippen molar-refractivity contribution in [2.24, 2.45) is 0 Å². The number of benzene rings is 1. The third kappa shape index (κ3) is 3.55. The predicted molar refractivity (Wildman–Crippen MR) is 105 cm³/mol. The van der Waals surface area contributed by atoms with E-state index in [1.165, 1.54) is 29.5 Å². The predicted octanol–water partition coefficient (Wildman–Crippen LogP) is 4.41. The topological polar surface area (TPSA) is 72.3 Å². The number of carbonyl (C=O) groups is 1. The summed E-state index contributed by atoms with van der Waals surface area (Å²) in [5, 5.41) is 9.70. The van der Waals surface area contributed by atoms with Crippen molar-refractivity contribution in [1.82, 2.24) is 9.97 Å². The summed E-state index contributed by atoms with van der Waals surface area (Å²) in [5.41, 5.74) is 5.66. The smallest absolute Gasteiger partial charge is 0.356 e. The number of hydrogen-bond donors (Lipinski definition) is 1. The molecule has 1 aromatic carbocycles. The maximum absolute atomic E-state index is 11.8. The van der Waals surface area contributed by atoms with Crippen LogP contribution in [0.2, 0.25) is 0 Å². The Kier molecular flexibility index (Phi) is 4.63. The van der Waals surface area contributed by atoms with Crippen molar-refractivity contribution in [2.45, 2.75) is 62.7 Å². The Labute approximate surface area is 165 Å². The molecule has 5 rings (SSSR count). The SMILES string of the molecule is O=C(O)c1nc(C2CC2)cnc1Cc1cccc(C2CCOCC2)c1C1CC1. The minimum Gasteiger partial charge on any atom is -0.476 e. The van der Waals surface area contributed by atoms with E-state index in [9.17, 15) is 9.90 Å². The van der Waals surface area contributed by atoms with Crippen LogP contribution in [0.4, 0.5) is 0 Å². The maximum Gasteiger partial charge on any atom is 0.356 e. The number of aromatic nitrogens is 2. The van der Waals surface area contributed by atoms with Gasteiger partial charge in [-0.3, -0.25) is 4.98 Å². The molecule has 0 unspecified atom stereocenters. The molecule has 1 aromatic heterocycles. The highest BCUT2D eigenvalue weighted by Gasteiger charge is 2.32. The number of aromatic carboxylic acids is 1. The van der Waals surface area contributed by atoms with Crippen molar-refractivity contribution in [1.29, 1.82) is 0 Å². The first kappa shape index (κ1) is 17.8. The average molecular weight is 378 g/mol. The van der Waals surface area contributed by atoms with Gasteiger partial charge in [-0.2, -0.15) is 0 Å². The van der Waals surface area contributed by atoms with Crippen LogP contribution in [0.5, 0.6) is 0 Å². The minimum atomic E-state index is -0.974. The molecule has 0 bridgehead atoms. The van der Waals surface area contributed by atoms with Gasteiger partial charge in [0, 0.05) is 31.7 Å². The van der Waals surface area contributed by atoms with E-state index in [0.29, 0.717) is 29.9 Å². The van der Waals surface area contributed by atoms with Crippen molar-refractivity contribution in [2.75, 3.05) is 13.2 Å². The molecule has 2 saturated carbocycles. The highest BCUT2D eigenvalue weighted by molar-refractivity contribution is 5.86. The molecule has 0 radical (unpaired) electrons. The molecule has 2 aromatic rings. The molecule has 2 aliphatic carbocycles. The molecule has 0 spiro atoms. The lowest BCUT2D eigenvalue weighted by Gasteiger charge is -2.26. The van der Waals surface area contributed by atoms with Gasteiger partial charge in [-0.1, -0.05) is 18.2 Å². The van der Waals surface area contributed by atoms with Gasteiger partial charge in [0.15, 0.2) is 5.69 Å². The molecular weight excluding hydrogens is 352 g/mol. The lowest BCUT2D eigenvalue weighted by atomic mass is 9.83. The number of nitrogens with zero attached hydrogens (tertiary/aromatic N) is 2. The number of rotatable bonds is 6. The largest absolute Gasteiger partial charge is 0.476 e. The number of hydrogen-bond acceptors (Lipinski definition) is 4. The Morgan fingerprint density at radius 2 is 1.79 bits per heavy atom. The summed E-state index contributed by atoms with van der Waals surface area (Å²) in [6.07, 6.45) is 9.11. The first-order chi connectivity index (χ1) is 13.7. The first-order valence-corrected chi connectivity index (χ1v) is 10.5. The Hall–Kier alpha value is -2.27. The second kappa shape index (κ2) is 7.28.